The van der Waals surface area contributed by atoms with Crippen molar-refractivity contribution >= 4 is 34.6 Å². The molecule has 0 aliphatic carbocycles. The standard InChI is InChI=1S/C21H24ClN3O5/c1-13-6-8-24(9-7-13)17-5-4-14(10-18(17)25(27)28)21(26)23-16-12-19(29-2)15(22)11-20(16)30-3/h4-5,10-13H,6-9H2,1-3H3,(H,23,26). The molecule has 3 rings (SSSR count). The molecule has 8 nitrogen and oxygen atoms in total. The van der Waals surface area contributed by atoms with Crippen molar-refractivity contribution < 1.29 is 19.2 Å². The first kappa shape index (κ1) is 21.7. The number of benzene rings is 2. The molecule has 2 aromatic carbocycles. The van der Waals surface area contributed by atoms with Crippen molar-refractivity contribution in [2.75, 3.05) is 37.5 Å². The van der Waals surface area contributed by atoms with Crippen LogP contribution in [0.15, 0.2) is 30.3 Å². The van der Waals surface area contributed by atoms with Crippen molar-refractivity contribution in [3.8, 4) is 11.5 Å². The Labute approximate surface area is 179 Å². The summed E-state index contributed by atoms with van der Waals surface area (Å²) in [6.07, 6.45) is 1.97. The van der Waals surface area contributed by atoms with Gasteiger partial charge in [0.1, 0.15) is 17.2 Å². The summed E-state index contributed by atoms with van der Waals surface area (Å²) < 4.78 is 10.4. The number of amides is 1. The van der Waals surface area contributed by atoms with Crippen molar-refractivity contribution in [2.24, 2.45) is 5.92 Å². The molecule has 1 aliphatic heterocycles. The molecule has 30 heavy (non-hydrogen) atoms. The van der Waals surface area contributed by atoms with Crippen LogP contribution in [-0.2, 0) is 0 Å². The smallest absolute Gasteiger partial charge is 0.293 e. The van der Waals surface area contributed by atoms with Gasteiger partial charge in [0.25, 0.3) is 11.6 Å². The van der Waals surface area contributed by atoms with E-state index in [1.807, 2.05) is 4.90 Å². The quantitative estimate of drug-likeness (QED) is 0.521. The highest BCUT2D eigenvalue weighted by atomic mass is 35.5. The summed E-state index contributed by atoms with van der Waals surface area (Å²) in [6, 6.07) is 7.61. The van der Waals surface area contributed by atoms with Gasteiger partial charge in [0.15, 0.2) is 0 Å². The highest BCUT2D eigenvalue weighted by molar-refractivity contribution is 6.32. The molecule has 1 fully saturated rings. The Kier molecular flexibility index (Phi) is 6.66. The largest absolute Gasteiger partial charge is 0.495 e. The fourth-order valence-corrected chi connectivity index (χ4v) is 3.71. The van der Waals surface area contributed by atoms with Gasteiger partial charge in [0, 0.05) is 36.9 Å². The molecule has 9 heteroatoms. The summed E-state index contributed by atoms with van der Waals surface area (Å²) in [5.41, 5.74) is 0.972. The number of ether oxygens (including phenoxy) is 2. The Balaban J connectivity index is 1.88. The Bertz CT molecular complexity index is 958. The molecule has 1 aliphatic rings. The molecular formula is C21H24ClN3O5. The molecule has 0 spiro atoms. The van der Waals surface area contributed by atoms with Crippen molar-refractivity contribution in [3.05, 3.63) is 51.0 Å². The minimum Gasteiger partial charge on any atom is -0.495 e. The van der Waals surface area contributed by atoms with Crippen LogP contribution in [0.5, 0.6) is 11.5 Å². The number of anilines is 2. The number of piperidine rings is 1. The maximum absolute atomic E-state index is 12.8. The molecule has 0 atom stereocenters. The van der Waals surface area contributed by atoms with Gasteiger partial charge in [-0.3, -0.25) is 14.9 Å². The van der Waals surface area contributed by atoms with E-state index in [1.54, 1.807) is 12.1 Å². The third kappa shape index (κ3) is 4.59. The Morgan fingerprint density at radius 3 is 2.43 bits per heavy atom. The number of methoxy groups -OCH3 is 2. The third-order valence-electron chi connectivity index (χ3n) is 5.28. The van der Waals surface area contributed by atoms with E-state index < -0.39 is 10.8 Å². The van der Waals surface area contributed by atoms with E-state index in [2.05, 4.69) is 12.2 Å². The van der Waals surface area contributed by atoms with Crippen LogP contribution in [0.3, 0.4) is 0 Å². The topological polar surface area (TPSA) is 93.9 Å². The van der Waals surface area contributed by atoms with E-state index in [-0.39, 0.29) is 11.3 Å². The number of nitrogens with zero attached hydrogens (tertiary/aromatic N) is 2. The van der Waals surface area contributed by atoms with Gasteiger partial charge in [-0.1, -0.05) is 18.5 Å². The average Bonchev–Trinajstić information content (AvgIpc) is 2.74. The third-order valence-corrected chi connectivity index (χ3v) is 5.58. The predicted molar refractivity (Wildman–Crippen MR) is 116 cm³/mol. The Hall–Kier alpha value is -3.00. The van der Waals surface area contributed by atoms with E-state index >= 15 is 0 Å². The number of carbonyl (C=O) groups is 1. The van der Waals surface area contributed by atoms with Crippen molar-refractivity contribution in [1.29, 1.82) is 0 Å². The summed E-state index contributed by atoms with van der Waals surface area (Å²) in [5.74, 6) is 0.826. The zero-order valence-corrected chi connectivity index (χ0v) is 17.9. The summed E-state index contributed by atoms with van der Waals surface area (Å²) in [6.45, 7) is 3.70. The maximum Gasteiger partial charge on any atom is 0.293 e. The van der Waals surface area contributed by atoms with Crippen LogP contribution in [0.25, 0.3) is 0 Å². The lowest BCUT2D eigenvalue weighted by Gasteiger charge is -2.31. The normalized spacial score (nSPS) is 14.3. The monoisotopic (exact) mass is 433 g/mol. The first-order valence-corrected chi connectivity index (χ1v) is 9.98. The van der Waals surface area contributed by atoms with Crippen molar-refractivity contribution in [3.63, 3.8) is 0 Å². The molecule has 160 valence electrons. The molecule has 1 amide bonds. The molecule has 0 radical (unpaired) electrons. The minimum absolute atomic E-state index is 0.0853. The zero-order valence-electron chi connectivity index (χ0n) is 17.1. The van der Waals surface area contributed by atoms with Crippen LogP contribution in [0.4, 0.5) is 17.1 Å². The number of rotatable bonds is 6. The molecule has 1 N–H and O–H groups in total. The molecule has 1 heterocycles. The SMILES string of the molecule is COc1cc(NC(=O)c2ccc(N3CCC(C)CC3)c([N+](=O)[O-])c2)c(OC)cc1Cl. The maximum atomic E-state index is 12.8. The fourth-order valence-electron chi connectivity index (χ4n) is 3.48. The summed E-state index contributed by atoms with van der Waals surface area (Å²) in [4.78, 5) is 26.0. The highest BCUT2D eigenvalue weighted by Gasteiger charge is 2.25. The number of halogens is 1. The summed E-state index contributed by atoms with van der Waals surface area (Å²) >= 11 is 6.09. The van der Waals surface area contributed by atoms with Gasteiger partial charge in [-0.05, 0) is 30.9 Å². The second-order valence-corrected chi connectivity index (χ2v) is 7.68. The lowest BCUT2D eigenvalue weighted by molar-refractivity contribution is -0.384. The van der Waals surface area contributed by atoms with Crippen LogP contribution in [0, 0.1) is 16.0 Å². The van der Waals surface area contributed by atoms with Gasteiger partial charge in [0.2, 0.25) is 0 Å². The number of nitro benzene ring substituents is 1. The molecule has 0 saturated carbocycles. The van der Waals surface area contributed by atoms with Gasteiger partial charge in [-0.2, -0.15) is 0 Å². The molecule has 0 aromatic heterocycles. The van der Waals surface area contributed by atoms with Gasteiger partial charge >= 0.3 is 0 Å². The molecule has 0 unspecified atom stereocenters. The number of carbonyl (C=O) groups excluding carboxylic acids is 1. The number of hydrogen-bond donors (Lipinski definition) is 1. The van der Waals surface area contributed by atoms with Crippen LogP contribution in [-0.4, -0.2) is 38.1 Å². The highest BCUT2D eigenvalue weighted by Crippen LogP contribution is 2.37. The second kappa shape index (κ2) is 9.21. The average molecular weight is 434 g/mol. The number of hydrogen-bond acceptors (Lipinski definition) is 6. The van der Waals surface area contributed by atoms with Gasteiger partial charge < -0.3 is 19.7 Å². The van der Waals surface area contributed by atoms with Gasteiger partial charge in [-0.15, -0.1) is 0 Å². The first-order valence-electron chi connectivity index (χ1n) is 9.60. The number of nitro groups is 1. The summed E-state index contributed by atoms with van der Waals surface area (Å²) in [7, 11) is 2.91. The van der Waals surface area contributed by atoms with E-state index in [1.165, 1.54) is 32.4 Å². The molecular weight excluding hydrogens is 410 g/mol. The fraction of sp³-hybridized carbons (Fsp3) is 0.381. The predicted octanol–water partition coefficient (Wildman–Crippen LogP) is 4.75. The van der Waals surface area contributed by atoms with Gasteiger partial charge in [0.05, 0.1) is 29.9 Å². The zero-order chi connectivity index (χ0) is 21.8. The van der Waals surface area contributed by atoms with Crippen molar-refractivity contribution in [2.45, 2.75) is 19.8 Å². The Morgan fingerprint density at radius 2 is 1.83 bits per heavy atom. The minimum atomic E-state index is -0.500. The first-order chi connectivity index (χ1) is 14.3. The van der Waals surface area contributed by atoms with Crippen LogP contribution >= 0.6 is 11.6 Å². The lowest BCUT2D eigenvalue weighted by Crippen LogP contribution is -2.33. The molecule has 1 saturated heterocycles. The second-order valence-electron chi connectivity index (χ2n) is 7.27. The lowest BCUT2D eigenvalue weighted by atomic mass is 9.98. The number of nitrogens with one attached hydrogen (secondary N) is 1. The van der Waals surface area contributed by atoms with Gasteiger partial charge in [-0.25, -0.2) is 0 Å². The molecule has 2 aromatic rings. The van der Waals surface area contributed by atoms with E-state index in [0.717, 1.165) is 25.9 Å². The van der Waals surface area contributed by atoms with E-state index in [9.17, 15) is 14.9 Å². The molecule has 0 bridgehead atoms. The van der Waals surface area contributed by atoms with Crippen LogP contribution in [0.1, 0.15) is 30.1 Å². The van der Waals surface area contributed by atoms with Crippen LogP contribution < -0.4 is 19.7 Å². The van der Waals surface area contributed by atoms with E-state index in [0.29, 0.717) is 33.8 Å². The van der Waals surface area contributed by atoms with Crippen molar-refractivity contribution in [1.82, 2.24) is 0 Å². The Morgan fingerprint density at radius 1 is 1.17 bits per heavy atom. The van der Waals surface area contributed by atoms with E-state index in [4.69, 9.17) is 21.1 Å². The van der Waals surface area contributed by atoms with Crippen LogP contribution in [0.2, 0.25) is 5.02 Å². The summed E-state index contributed by atoms with van der Waals surface area (Å²) in [5, 5.41) is 14.7.